The molecule has 2 amide bonds. The lowest BCUT2D eigenvalue weighted by Crippen LogP contribution is -2.29. The fourth-order valence-electron chi connectivity index (χ4n) is 3.72. The molecule has 0 saturated carbocycles. The van der Waals surface area contributed by atoms with Crippen molar-refractivity contribution in [2.45, 2.75) is 19.4 Å². The zero-order valence-corrected chi connectivity index (χ0v) is 16.8. The molecule has 8 heteroatoms. The number of carbonyl (C=O) groups is 2. The molecule has 30 heavy (non-hydrogen) atoms. The van der Waals surface area contributed by atoms with Gasteiger partial charge in [0, 0.05) is 24.0 Å². The summed E-state index contributed by atoms with van der Waals surface area (Å²) in [6, 6.07) is 12.7. The molecule has 1 fully saturated rings. The number of rotatable bonds is 5. The number of aryl methyl sites for hydroxylation is 1. The summed E-state index contributed by atoms with van der Waals surface area (Å²) in [6.45, 7) is 2.73. The molecule has 1 aliphatic rings. The third-order valence-corrected chi connectivity index (χ3v) is 5.33. The summed E-state index contributed by atoms with van der Waals surface area (Å²) in [4.78, 5) is 28.3. The van der Waals surface area contributed by atoms with E-state index in [9.17, 15) is 9.59 Å². The summed E-state index contributed by atoms with van der Waals surface area (Å²) in [5, 5.41) is 12.9. The molecule has 0 radical (unpaired) electrons. The predicted octanol–water partition coefficient (Wildman–Crippen LogP) is 3.87. The average molecular weight is 409 g/mol. The number of likely N-dealkylation sites (tertiary alicyclic amines) is 1. The van der Waals surface area contributed by atoms with Crippen molar-refractivity contribution in [3.05, 3.63) is 53.7 Å². The van der Waals surface area contributed by atoms with Crippen LogP contribution in [0, 0.1) is 6.92 Å². The summed E-state index contributed by atoms with van der Waals surface area (Å²) < 4.78 is 11.2. The topological polar surface area (TPSA) is 104 Å². The van der Waals surface area contributed by atoms with E-state index in [1.54, 1.807) is 31.4 Å². The van der Waals surface area contributed by atoms with Crippen molar-refractivity contribution >= 4 is 28.6 Å². The number of ether oxygens (including phenoxy) is 2. The lowest BCUT2D eigenvalue weighted by Gasteiger charge is -2.15. The lowest BCUT2D eigenvalue weighted by atomic mass is 10.1. The van der Waals surface area contributed by atoms with Gasteiger partial charge in [0.15, 0.2) is 0 Å². The molecule has 4 rings (SSSR count). The molecule has 2 aromatic carbocycles. The van der Waals surface area contributed by atoms with Gasteiger partial charge in [0.1, 0.15) is 23.3 Å². The Hall–Kier alpha value is -3.68. The van der Waals surface area contributed by atoms with Gasteiger partial charge < -0.3 is 29.8 Å². The standard InChI is InChI=1S/C22H23N3O5/c1-13-17-4-3-5-18(29-2)20(17)24-19(13)21(26)23-14-6-8-15(9-7-14)30-16-10-11-25(12-16)22(27)28/h3-9,16,24H,10-12H2,1-2H3,(H,23,26)(H,27,28). The number of nitrogens with zero attached hydrogens (tertiary/aromatic N) is 1. The maximum Gasteiger partial charge on any atom is 0.407 e. The molecule has 1 saturated heterocycles. The quantitative estimate of drug-likeness (QED) is 0.594. The second-order valence-electron chi connectivity index (χ2n) is 7.24. The second kappa shape index (κ2) is 7.98. The molecular formula is C22H23N3O5. The minimum absolute atomic E-state index is 0.162. The molecule has 0 aliphatic carbocycles. The minimum atomic E-state index is -0.927. The minimum Gasteiger partial charge on any atom is -0.495 e. The summed E-state index contributed by atoms with van der Waals surface area (Å²) >= 11 is 0. The predicted molar refractivity (Wildman–Crippen MR) is 113 cm³/mol. The van der Waals surface area contributed by atoms with Crippen LogP contribution in [0.1, 0.15) is 22.5 Å². The number of carboxylic acid groups (broad SMARTS) is 1. The van der Waals surface area contributed by atoms with E-state index in [1.807, 2.05) is 25.1 Å². The monoisotopic (exact) mass is 409 g/mol. The van der Waals surface area contributed by atoms with E-state index in [-0.39, 0.29) is 12.0 Å². The number of H-pyrrole nitrogens is 1. The number of hydrogen-bond acceptors (Lipinski definition) is 4. The molecule has 0 spiro atoms. The van der Waals surface area contributed by atoms with E-state index in [2.05, 4.69) is 10.3 Å². The van der Waals surface area contributed by atoms with Crippen molar-refractivity contribution < 1.29 is 24.2 Å². The van der Waals surface area contributed by atoms with Crippen molar-refractivity contribution in [2.24, 2.45) is 0 Å². The molecule has 1 aromatic heterocycles. The van der Waals surface area contributed by atoms with Crippen molar-refractivity contribution in [1.29, 1.82) is 0 Å². The number of anilines is 1. The van der Waals surface area contributed by atoms with Crippen LogP contribution in [-0.2, 0) is 0 Å². The highest BCUT2D eigenvalue weighted by atomic mass is 16.5. The molecular weight excluding hydrogens is 386 g/mol. The Morgan fingerprint density at radius 2 is 1.97 bits per heavy atom. The van der Waals surface area contributed by atoms with E-state index in [4.69, 9.17) is 14.6 Å². The Labute approximate surface area is 173 Å². The number of hydrogen-bond donors (Lipinski definition) is 3. The van der Waals surface area contributed by atoms with Gasteiger partial charge in [0.25, 0.3) is 5.91 Å². The van der Waals surface area contributed by atoms with Gasteiger partial charge in [0.2, 0.25) is 0 Å². The van der Waals surface area contributed by atoms with Gasteiger partial charge in [-0.05, 0) is 42.8 Å². The second-order valence-corrected chi connectivity index (χ2v) is 7.24. The van der Waals surface area contributed by atoms with Gasteiger partial charge in [-0.2, -0.15) is 0 Å². The number of nitrogens with one attached hydrogen (secondary N) is 2. The Morgan fingerprint density at radius 3 is 2.63 bits per heavy atom. The first kappa shape index (κ1) is 19.6. The highest BCUT2D eigenvalue weighted by Crippen LogP contribution is 2.29. The smallest absolute Gasteiger partial charge is 0.407 e. The van der Waals surface area contributed by atoms with Gasteiger partial charge in [-0.1, -0.05) is 12.1 Å². The number of carbonyl (C=O) groups excluding carboxylic acids is 1. The number of aromatic nitrogens is 1. The molecule has 8 nitrogen and oxygen atoms in total. The largest absolute Gasteiger partial charge is 0.495 e. The number of fused-ring (bicyclic) bond motifs is 1. The maximum absolute atomic E-state index is 12.8. The molecule has 3 N–H and O–H groups in total. The normalized spacial score (nSPS) is 15.9. The molecule has 156 valence electrons. The SMILES string of the molecule is COc1cccc2c(C)c(C(=O)Nc3ccc(OC4CCN(C(=O)O)C4)cc3)[nH]c12. The van der Waals surface area contributed by atoms with Gasteiger partial charge in [0.05, 0.1) is 19.2 Å². The summed E-state index contributed by atoms with van der Waals surface area (Å²) in [5.74, 6) is 1.08. The number of benzene rings is 2. The summed E-state index contributed by atoms with van der Waals surface area (Å²) in [6.07, 6.45) is -0.428. The molecule has 3 aromatic rings. The Morgan fingerprint density at radius 1 is 1.20 bits per heavy atom. The average Bonchev–Trinajstić information content (AvgIpc) is 3.34. The number of amides is 2. The number of methoxy groups -OCH3 is 1. The van der Waals surface area contributed by atoms with Crippen molar-refractivity contribution in [1.82, 2.24) is 9.88 Å². The Bertz CT molecular complexity index is 1090. The van der Waals surface area contributed by atoms with Crippen molar-refractivity contribution in [3.8, 4) is 11.5 Å². The van der Waals surface area contributed by atoms with E-state index < -0.39 is 6.09 Å². The van der Waals surface area contributed by atoms with Gasteiger partial charge in [-0.25, -0.2) is 4.79 Å². The fraction of sp³-hybridized carbons (Fsp3) is 0.273. The van der Waals surface area contributed by atoms with E-state index in [0.717, 1.165) is 16.5 Å². The highest BCUT2D eigenvalue weighted by molar-refractivity contribution is 6.08. The lowest BCUT2D eigenvalue weighted by molar-refractivity contribution is 0.102. The van der Waals surface area contributed by atoms with E-state index >= 15 is 0 Å². The summed E-state index contributed by atoms with van der Waals surface area (Å²) in [7, 11) is 1.60. The third kappa shape index (κ3) is 3.76. The van der Waals surface area contributed by atoms with Crippen molar-refractivity contribution in [2.75, 3.05) is 25.5 Å². The number of aromatic amines is 1. The van der Waals surface area contributed by atoms with Crippen LogP contribution in [0.2, 0.25) is 0 Å². The van der Waals surface area contributed by atoms with Crippen LogP contribution in [0.15, 0.2) is 42.5 Å². The molecule has 1 atom stereocenters. The van der Waals surface area contributed by atoms with Crippen LogP contribution in [0.3, 0.4) is 0 Å². The Balaban J connectivity index is 1.44. The van der Waals surface area contributed by atoms with Crippen LogP contribution in [-0.4, -0.2) is 53.3 Å². The molecule has 1 unspecified atom stereocenters. The first-order valence-corrected chi connectivity index (χ1v) is 9.67. The zero-order valence-electron chi connectivity index (χ0n) is 16.8. The van der Waals surface area contributed by atoms with Gasteiger partial charge >= 0.3 is 6.09 Å². The van der Waals surface area contributed by atoms with Crippen LogP contribution >= 0.6 is 0 Å². The van der Waals surface area contributed by atoms with Gasteiger partial charge in [-0.15, -0.1) is 0 Å². The zero-order chi connectivity index (χ0) is 21.3. The van der Waals surface area contributed by atoms with E-state index in [1.165, 1.54) is 4.90 Å². The van der Waals surface area contributed by atoms with Crippen molar-refractivity contribution in [3.63, 3.8) is 0 Å². The van der Waals surface area contributed by atoms with Crippen LogP contribution < -0.4 is 14.8 Å². The first-order valence-electron chi connectivity index (χ1n) is 9.67. The first-order chi connectivity index (χ1) is 14.5. The molecule has 0 bridgehead atoms. The van der Waals surface area contributed by atoms with E-state index in [0.29, 0.717) is 42.4 Å². The van der Waals surface area contributed by atoms with Crippen LogP contribution in [0.5, 0.6) is 11.5 Å². The molecule has 1 aliphatic heterocycles. The summed E-state index contributed by atoms with van der Waals surface area (Å²) in [5.41, 5.74) is 2.76. The number of para-hydroxylation sites is 1. The highest BCUT2D eigenvalue weighted by Gasteiger charge is 2.27. The fourth-order valence-corrected chi connectivity index (χ4v) is 3.72. The third-order valence-electron chi connectivity index (χ3n) is 5.33. The Kier molecular flexibility index (Phi) is 5.22. The van der Waals surface area contributed by atoms with Crippen LogP contribution in [0.4, 0.5) is 10.5 Å². The van der Waals surface area contributed by atoms with Gasteiger partial charge in [-0.3, -0.25) is 4.79 Å². The molecule has 2 heterocycles. The maximum atomic E-state index is 12.8. The van der Waals surface area contributed by atoms with Crippen LogP contribution in [0.25, 0.3) is 10.9 Å².